The van der Waals surface area contributed by atoms with Crippen LogP contribution in [0.4, 0.5) is 9.59 Å². The van der Waals surface area contributed by atoms with E-state index in [0.717, 1.165) is 52.9 Å². The molecule has 2 aromatic carbocycles. The second kappa shape index (κ2) is 13.8. The molecule has 4 aliphatic carbocycles. The summed E-state index contributed by atoms with van der Waals surface area (Å²) in [6.07, 6.45) is 4.16. The number of likely N-dealkylation sites (tertiary alicyclic amines) is 1. The molecular formula is C38H46N6O8S. The van der Waals surface area contributed by atoms with Crippen molar-refractivity contribution >= 4 is 39.7 Å². The molecule has 53 heavy (non-hydrogen) atoms. The van der Waals surface area contributed by atoms with Crippen LogP contribution in [0.15, 0.2) is 66.3 Å². The first-order chi connectivity index (χ1) is 25.2. The Morgan fingerprint density at radius 3 is 2.09 bits per heavy atom. The van der Waals surface area contributed by atoms with Crippen molar-refractivity contribution in [2.75, 3.05) is 6.54 Å². The van der Waals surface area contributed by atoms with Gasteiger partial charge in [0, 0.05) is 23.5 Å². The van der Waals surface area contributed by atoms with E-state index in [0.29, 0.717) is 18.6 Å². The molecule has 3 N–H and O–H groups in total. The molecule has 2 unspecified atom stereocenters. The van der Waals surface area contributed by atoms with Gasteiger partial charge in [0.25, 0.3) is 5.91 Å². The van der Waals surface area contributed by atoms with E-state index in [1.807, 2.05) is 48.5 Å². The van der Waals surface area contributed by atoms with Crippen LogP contribution in [0.2, 0.25) is 0 Å². The maximum Gasteiger partial charge on any atom is 0.426 e. The molecule has 5 amide bonds. The topological polar surface area (TPSA) is 176 Å². The van der Waals surface area contributed by atoms with Gasteiger partial charge in [0.05, 0.1) is 17.3 Å². The molecule has 0 spiro atoms. The average Bonchev–Trinajstić information content (AvgIpc) is 3.96. The van der Waals surface area contributed by atoms with Crippen molar-refractivity contribution in [1.29, 1.82) is 0 Å². The molecular weight excluding hydrogens is 701 g/mol. The summed E-state index contributed by atoms with van der Waals surface area (Å²) in [4.78, 5) is 62.7. The predicted molar refractivity (Wildman–Crippen MR) is 196 cm³/mol. The normalized spacial score (nSPS) is 24.8. The monoisotopic (exact) mass is 746 g/mol. The van der Waals surface area contributed by atoms with Crippen molar-refractivity contribution in [2.45, 2.75) is 107 Å². The van der Waals surface area contributed by atoms with Crippen LogP contribution in [0, 0.1) is 5.92 Å². The number of hydrogen-bond donors (Lipinski definition) is 3. The Morgan fingerprint density at radius 1 is 0.943 bits per heavy atom. The van der Waals surface area contributed by atoms with Crippen LogP contribution >= 0.6 is 0 Å². The van der Waals surface area contributed by atoms with Gasteiger partial charge in [-0.1, -0.05) is 59.8 Å². The van der Waals surface area contributed by atoms with Gasteiger partial charge in [-0.15, -0.1) is 6.58 Å². The number of urea groups is 1. The van der Waals surface area contributed by atoms with Gasteiger partial charge in [0.15, 0.2) is 0 Å². The molecule has 5 aliphatic rings. The molecule has 0 radical (unpaired) electrons. The third-order valence-corrected chi connectivity index (χ3v) is 12.5. The Bertz CT molecular complexity index is 1920. The molecule has 4 fully saturated rings. The van der Waals surface area contributed by atoms with Crippen molar-refractivity contribution in [1.82, 2.24) is 25.4 Å². The lowest BCUT2D eigenvalue weighted by Crippen LogP contribution is -2.63. The number of hydrazine groups is 1. The minimum atomic E-state index is -3.90. The van der Waals surface area contributed by atoms with Gasteiger partial charge in [-0.2, -0.15) is 0 Å². The summed E-state index contributed by atoms with van der Waals surface area (Å²) >= 11 is 0. The van der Waals surface area contributed by atoms with Gasteiger partial charge < -0.3 is 19.8 Å². The van der Waals surface area contributed by atoms with Crippen molar-refractivity contribution < 1.29 is 37.2 Å². The lowest BCUT2D eigenvalue weighted by atomic mass is 10.1. The number of rotatable bonds is 9. The fourth-order valence-electron chi connectivity index (χ4n) is 7.48. The zero-order valence-corrected chi connectivity index (χ0v) is 31.0. The average molecular weight is 747 g/mol. The van der Waals surface area contributed by atoms with E-state index in [2.05, 4.69) is 27.2 Å². The van der Waals surface area contributed by atoms with E-state index >= 15 is 0 Å². The fourth-order valence-corrected chi connectivity index (χ4v) is 8.84. The number of sulfonamides is 1. The number of nitrogens with zero attached hydrogens (tertiary/aromatic N) is 3. The quantitative estimate of drug-likeness (QED) is 0.214. The highest BCUT2D eigenvalue weighted by molar-refractivity contribution is 7.91. The summed E-state index contributed by atoms with van der Waals surface area (Å²) in [5.74, 6) is -2.05. The number of amides is 5. The van der Waals surface area contributed by atoms with E-state index in [4.69, 9.17) is 9.57 Å². The zero-order chi connectivity index (χ0) is 37.7. The second-order valence-corrected chi connectivity index (χ2v) is 17.5. The molecule has 14 nitrogen and oxygen atoms in total. The van der Waals surface area contributed by atoms with Gasteiger partial charge in [0.2, 0.25) is 15.9 Å². The molecule has 0 bridgehead atoms. The Labute approximate surface area is 309 Å². The van der Waals surface area contributed by atoms with Gasteiger partial charge in [0.1, 0.15) is 29.5 Å². The number of benzene rings is 2. The standard InChI is InChI=1S/C38H46N6O8S/c1-5-23-21-38(23,34(46)42-53(49,50)26-18-19-26)39-33(45)31-20-25(52-41-32-29-16-10-8-14-27(29)28-15-9-11-17-30(28)32)22-43(31)36(48)44(37(2,3)4)40-35(47)51-24-12-6-7-13-24/h5,8-11,14-17,23-26,31H,1,6-7,12-13,18-22H2,2-4H3,(H,39,45)(H,40,47)(H,42,46)/t23-,25?,31+,38?/m1/s1. The zero-order valence-electron chi connectivity index (χ0n) is 30.2. The number of nitrogens with one attached hydrogen (secondary N) is 3. The van der Waals surface area contributed by atoms with Crippen molar-refractivity contribution in [3.8, 4) is 11.1 Å². The van der Waals surface area contributed by atoms with Gasteiger partial charge in [-0.05, 0) is 76.8 Å². The third-order valence-electron chi connectivity index (χ3n) is 10.6. The van der Waals surface area contributed by atoms with Crippen molar-refractivity contribution in [2.24, 2.45) is 11.1 Å². The van der Waals surface area contributed by atoms with Crippen LogP contribution < -0.4 is 15.5 Å². The first-order valence-corrected chi connectivity index (χ1v) is 19.8. The van der Waals surface area contributed by atoms with Crippen LogP contribution in [-0.4, -0.2) is 89.1 Å². The highest BCUT2D eigenvalue weighted by Gasteiger charge is 2.62. The van der Waals surface area contributed by atoms with Crippen LogP contribution in [0.3, 0.4) is 0 Å². The third kappa shape index (κ3) is 7.22. The molecule has 1 aliphatic heterocycles. The molecule has 4 atom stereocenters. The lowest BCUT2D eigenvalue weighted by Gasteiger charge is -2.39. The van der Waals surface area contributed by atoms with E-state index in [1.165, 1.54) is 11.0 Å². The van der Waals surface area contributed by atoms with Crippen LogP contribution in [0.5, 0.6) is 0 Å². The van der Waals surface area contributed by atoms with Crippen LogP contribution in [0.25, 0.3) is 11.1 Å². The summed E-state index contributed by atoms with van der Waals surface area (Å²) in [6, 6.07) is 13.8. The number of fused-ring (bicyclic) bond motifs is 3. The molecule has 0 aromatic heterocycles. The SMILES string of the molecule is C=C[C@@H]1CC1(NC(=O)[C@@H]1CC(ON=C2c3ccccc3-c3ccccc32)CN1C(=O)N(NC(=O)OC1CCCC1)C(C)(C)C)C(=O)NS(=O)(=O)C1CC1. The molecule has 282 valence electrons. The Hall–Kier alpha value is -4.92. The van der Waals surface area contributed by atoms with E-state index in [1.54, 1.807) is 20.8 Å². The van der Waals surface area contributed by atoms with E-state index < -0.39 is 68.4 Å². The van der Waals surface area contributed by atoms with Crippen molar-refractivity contribution in [3.05, 3.63) is 72.3 Å². The highest BCUT2D eigenvalue weighted by Crippen LogP contribution is 2.45. The molecule has 1 saturated heterocycles. The summed E-state index contributed by atoms with van der Waals surface area (Å²) in [5.41, 5.74) is 4.51. The summed E-state index contributed by atoms with van der Waals surface area (Å²) < 4.78 is 33.2. The molecule has 7 rings (SSSR count). The Kier molecular flexibility index (Phi) is 9.49. The minimum absolute atomic E-state index is 0.00101. The summed E-state index contributed by atoms with van der Waals surface area (Å²) in [5, 5.41) is 7.86. The summed E-state index contributed by atoms with van der Waals surface area (Å²) in [6.45, 7) is 8.90. The first kappa shape index (κ1) is 36.4. The fraction of sp³-hybridized carbons (Fsp3) is 0.500. The minimum Gasteiger partial charge on any atom is -0.445 e. The number of carbonyl (C=O) groups excluding carboxylic acids is 4. The Balaban J connectivity index is 1.15. The number of hydrogen-bond acceptors (Lipinski definition) is 9. The predicted octanol–water partition coefficient (Wildman–Crippen LogP) is 4.35. The lowest BCUT2D eigenvalue weighted by molar-refractivity contribution is -0.131. The maximum absolute atomic E-state index is 14.5. The second-order valence-electron chi connectivity index (χ2n) is 15.6. The molecule has 1 heterocycles. The molecule has 15 heteroatoms. The first-order valence-electron chi connectivity index (χ1n) is 18.2. The number of ether oxygens (including phenoxy) is 1. The smallest absolute Gasteiger partial charge is 0.426 e. The van der Waals surface area contributed by atoms with Gasteiger partial charge in [-0.25, -0.2) is 28.4 Å². The van der Waals surface area contributed by atoms with Crippen LogP contribution in [-0.2, 0) is 29.2 Å². The van der Waals surface area contributed by atoms with E-state index in [-0.39, 0.29) is 25.5 Å². The number of carbonyl (C=O) groups is 4. The Morgan fingerprint density at radius 2 is 1.55 bits per heavy atom. The van der Waals surface area contributed by atoms with E-state index in [9.17, 15) is 27.6 Å². The van der Waals surface area contributed by atoms with Gasteiger partial charge in [-0.3, -0.25) is 14.3 Å². The highest BCUT2D eigenvalue weighted by atomic mass is 32.2. The summed E-state index contributed by atoms with van der Waals surface area (Å²) in [7, 11) is -3.90. The maximum atomic E-state index is 14.5. The van der Waals surface area contributed by atoms with Gasteiger partial charge >= 0.3 is 12.1 Å². The molecule has 2 aromatic rings. The largest absolute Gasteiger partial charge is 0.445 e. The number of oxime groups is 1. The molecule has 3 saturated carbocycles. The van der Waals surface area contributed by atoms with Crippen LogP contribution in [0.1, 0.15) is 83.3 Å². The van der Waals surface area contributed by atoms with Crippen molar-refractivity contribution in [3.63, 3.8) is 0 Å².